The van der Waals surface area contributed by atoms with Crippen molar-refractivity contribution >= 4 is 13.5 Å². The van der Waals surface area contributed by atoms with E-state index in [0.29, 0.717) is 0 Å². The molecule has 1 aliphatic heterocycles. The summed E-state index contributed by atoms with van der Waals surface area (Å²) in [5.74, 6) is 0. The molecule has 0 spiro atoms. The van der Waals surface area contributed by atoms with Gasteiger partial charge in [0, 0.05) is 13.2 Å². The van der Waals surface area contributed by atoms with Crippen LogP contribution in [0.3, 0.4) is 0 Å². The van der Waals surface area contributed by atoms with Crippen LogP contribution in [0.25, 0.3) is 0 Å². The average molecular weight is 126 g/mol. The Morgan fingerprint density at radius 2 is 1.78 bits per heavy atom. The molecule has 0 aromatic heterocycles. The maximum atomic E-state index is 9.22. The van der Waals surface area contributed by atoms with Crippen molar-refractivity contribution in [2.45, 2.75) is 19.8 Å². The second kappa shape index (κ2) is 5.82. The number of carbonyl (C=O) groups is 1. The predicted octanol–water partition coefficient (Wildman–Crippen LogP) is 0.498. The Labute approximate surface area is 57.0 Å². The molecule has 0 unspecified atom stereocenters. The zero-order valence-corrected chi connectivity index (χ0v) is 5.72. The van der Waals surface area contributed by atoms with Gasteiger partial charge < -0.3 is 9.53 Å². The van der Waals surface area contributed by atoms with E-state index in [1.807, 2.05) is 0 Å². The smallest absolute Gasteiger partial charge is 0.167 e. The molecule has 3 heteroatoms. The van der Waals surface area contributed by atoms with E-state index in [9.17, 15) is 4.79 Å². The van der Waals surface area contributed by atoms with Crippen LogP contribution in [0.15, 0.2) is 0 Å². The van der Waals surface area contributed by atoms with Crippen molar-refractivity contribution in [1.82, 2.24) is 0 Å². The van der Waals surface area contributed by atoms with Gasteiger partial charge in [-0.05, 0) is 19.8 Å². The number of hydrogen-bond donors (Lipinski definition) is 0. The molecular formula is C6H11BO2. The fraction of sp³-hybridized carbons (Fsp3) is 0.833. The van der Waals surface area contributed by atoms with Crippen molar-refractivity contribution in [1.29, 1.82) is 0 Å². The lowest BCUT2D eigenvalue weighted by Gasteiger charge is -1.76. The molecule has 0 saturated carbocycles. The minimum atomic E-state index is -0.333. The molecule has 0 N–H and O–H groups in total. The van der Waals surface area contributed by atoms with Gasteiger partial charge >= 0.3 is 0 Å². The standard InChI is InChI=1S/C4H8O.C2H3BO/c1-2-4-5-3-1;1-2(3)4/h1-4H2;1H3. The summed E-state index contributed by atoms with van der Waals surface area (Å²) in [5, 5.41) is 0. The van der Waals surface area contributed by atoms with Gasteiger partial charge in [0.1, 0.15) is 0 Å². The van der Waals surface area contributed by atoms with Crippen LogP contribution in [0.2, 0.25) is 0 Å². The molecule has 2 radical (unpaired) electrons. The van der Waals surface area contributed by atoms with Crippen LogP contribution in [-0.4, -0.2) is 26.7 Å². The fourth-order valence-corrected chi connectivity index (χ4v) is 0.510. The van der Waals surface area contributed by atoms with Crippen molar-refractivity contribution < 1.29 is 9.53 Å². The Balaban J connectivity index is 0.000000148. The fourth-order valence-electron chi connectivity index (χ4n) is 0.510. The highest BCUT2D eigenvalue weighted by Gasteiger charge is 1.94. The van der Waals surface area contributed by atoms with E-state index in [4.69, 9.17) is 4.74 Å². The number of ether oxygens (including phenoxy) is 1. The van der Waals surface area contributed by atoms with Crippen LogP contribution in [0.4, 0.5) is 0 Å². The number of rotatable bonds is 0. The van der Waals surface area contributed by atoms with Crippen molar-refractivity contribution in [2.24, 2.45) is 0 Å². The minimum Gasteiger partial charge on any atom is -0.381 e. The van der Waals surface area contributed by atoms with E-state index in [1.165, 1.54) is 19.8 Å². The van der Waals surface area contributed by atoms with Crippen LogP contribution in [0.5, 0.6) is 0 Å². The second-order valence-electron chi connectivity index (χ2n) is 1.93. The Morgan fingerprint density at radius 1 is 1.44 bits per heavy atom. The molecule has 2 nitrogen and oxygen atoms in total. The van der Waals surface area contributed by atoms with E-state index >= 15 is 0 Å². The summed E-state index contributed by atoms with van der Waals surface area (Å²) >= 11 is 0. The monoisotopic (exact) mass is 126 g/mol. The molecule has 0 amide bonds. The Bertz CT molecular complexity index is 67.5. The van der Waals surface area contributed by atoms with E-state index in [0.717, 1.165) is 13.2 Å². The Morgan fingerprint density at radius 3 is 1.89 bits per heavy atom. The first-order valence-electron chi connectivity index (χ1n) is 3.07. The highest BCUT2D eigenvalue weighted by Crippen LogP contribution is 1.98. The second-order valence-corrected chi connectivity index (χ2v) is 1.93. The normalized spacial score (nSPS) is 16.1. The predicted molar refractivity (Wildman–Crippen MR) is 36.5 cm³/mol. The molecule has 0 aromatic rings. The number of carbonyl (C=O) groups excluding carboxylic acids is 1. The molecule has 0 aliphatic carbocycles. The van der Waals surface area contributed by atoms with Crippen molar-refractivity contribution in [3.63, 3.8) is 0 Å². The van der Waals surface area contributed by atoms with Crippen LogP contribution in [-0.2, 0) is 9.53 Å². The molecule has 1 aliphatic rings. The van der Waals surface area contributed by atoms with Gasteiger partial charge in [0.2, 0.25) is 0 Å². The molecule has 9 heavy (non-hydrogen) atoms. The zero-order valence-electron chi connectivity index (χ0n) is 5.72. The quantitative estimate of drug-likeness (QED) is 0.441. The third-order valence-electron chi connectivity index (χ3n) is 0.827. The van der Waals surface area contributed by atoms with E-state index in [2.05, 4.69) is 7.85 Å². The summed E-state index contributed by atoms with van der Waals surface area (Å²) in [6.45, 7) is 3.31. The average Bonchev–Trinajstić information content (AvgIpc) is 2.11. The van der Waals surface area contributed by atoms with Crippen LogP contribution in [0, 0.1) is 0 Å². The van der Waals surface area contributed by atoms with Crippen molar-refractivity contribution in [2.75, 3.05) is 13.2 Å². The highest BCUT2D eigenvalue weighted by molar-refractivity contribution is 6.56. The molecule has 1 fully saturated rings. The molecule has 0 atom stereocenters. The summed E-state index contributed by atoms with van der Waals surface area (Å²) in [6, 6.07) is 0. The first kappa shape index (κ1) is 8.69. The van der Waals surface area contributed by atoms with Gasteiger partial charge in [-0.3, -0.25) is 0 Å². The van der Waals surface area contributed by atoms with Gasteiger partial charge in [-0.2, -0.15) is 0 Å². The number of hydrogen-bond acceptors (Lipinski definition) is 2. The maximum absolute atomic E-state index is 9.22. The highest BCUT2D eigenvalue weighted by atomic mass is 16.5. The van der Waals surface area contributed by atoms with Gasteiger partial charge in [0.25, 0.3) is 0 Å². The van der Waals surface area contributed by atoms with E-state index in [1.54, 1.807) is 0 Å². The molecule has 1 rings (SSSR count). The van der Waals surface area contributed by atoms with Crippen LogP contribution in [0.1, 0.15) is 19.8 Å². The van der Waals surface area contributed by atoms with E-state index in [-0.39, 0.29) is 5.68 Å². The third-order valence-corrected chi connectivity index (χ3v) is 0.827. The lowest BCUT2D eigenvalue weighted by molar-refractivity contribution is -0.109. The first-order chi connectivity index (χ1) is 4.23. The van der Waals surface area contributed by atoms with Gasteiger partial charge in [0.15, 0.2) is 7.85 Å². The van der Waals surface area contributed by atoms with Gasteiger partial charge in [0.05, 0.1) is 5.68 Å². The molecule has 1 heterocycles. The van der Waals surface area contributed by atoms with Gasteiger partial charge in [-0.1, -0.05) is 0 Å². The summed E-state index contributed by atoms with van der Waals surface area (Å²) in [7, 11) is 4.47. The van der Waals surface area contributed by atoms with Gasteiger partial charge in [-0.25, -0.2) is 0 Å². The van der Waals surface area contributed by atoms with Crippen LogP contribution < -0.4 is 0 Å². The van der Waals surface area contributed by atoms with Gasteiger partial charge in [-0.15, -0.1) is 0 Å². The van der Waals surface area contributed by atoms with E-state index < -0.39 is 0 Å². The molecule has 1 saturated heterocycles. The summed E-state index contributed by atoms with van der Waals surface area (Å²) in [5.41, 5.74) is -0.333. The summed E-state index contributed by atoms with van der Waals surface area (Å²) in [6.07, 6.45) is 2.56. The Kier molecular flexibility index (Phi) is 5.63. The molecular weight excluding hydrogens is 115 g/mol. The zero-order chi connectivity index (χ0) is 7.11. The lowest BCUT2D eigenvalue weighted by Crippen LogP contribution is -1.80. The third kappa shape index (κ3) is 11.3. The van der Waals surface area contributed by atoms with Crippen molar-refractivity contribution in [3.8, 4) is 0 Å². The molecule has 0 aromatic carbocycles. The SMILES string of the molecule is C1CCOC1.[B]C(C)=O. The first-order valence-corrected chi connectivity index (χ1v) is 3.07. The minimum absolute atomic E-state index is 0.333. The maximum Gasteiger partial charge on any atom is 0.167 e. The molecule has 0 bridgehead atoms. The Hall–Kier alpha value is -0.305. The summed E-state index contributed by atoms with van der Waals surface area (Å²) < 4.78 is 4.94. The largest absolute Gasteiger partial charge is 0.381 e. The lowest BCUT2D eigenvalue weighted by atomic mass is 10.1. The van der Waals surface area contributed by atoms with Crippen molar-refractivity contribution in [3.05, 3.63) is 0 Å². The summed E-state index contributed by atoms with van der Waals surface area (Å²) in [4.78, 5) is 9.22. The molecule has 50 valence electrons. The topological polar surface area (TPSA) is 26.3 Å². The van der Waals surface area contributed by atoms with Crippen LogP contribution >= 0.6 is 0 Å².